The zero-order chi connectivity index (χ0) is 14.6. The van der Waals surface area contributed by atoms with Crippen LogP contribution in [0.25, 0.3) is 0 Å². The Bertz CT molecular complexity index is 535. The van der Waals surface area contributed by atoms with Crippen LogP contribution < -0.4 is 0 Å². The van der Waals surface area contributed by atoms with Gasteiger partial charge in [-0.15, -0.1) is 0 Å². The van der Waals surface area contributed by atoms with Gasteiger partial charge in [-0.25, -0.2) is 0 Å². The molecule has 0 fully saturated rings. The van der Waals surface area contributed by atoms with Gasteiger partial charge in [-0.05, 0) is 24.6 Å². The van der Waals surface area contributed by atoms with Gasteiger partial charge in [0.15, 0.2) is 0 Å². The highest BCUT2D eigenvalue weighted by Crippen LogP contribution is 2.37. The summed E-state index contributed by atoms with van der Waals surface area (Å²) in [5, 5.41) is 8.14. The minimum absolute atomic E-state index is 0.165. The van der Waals surface area contributed by atoms with Crippen molar-refractivity contribution >= 4 is 17.6 Å². The van der Waals surface area contributed by atoms with Gasteiger partial charge in [-0.1, -0.05) is 11.6 Å². The second-order valence-corrected chi connectivity index (χ2v) is 4.00. The quantitative estimate of drug-likeness (QED) is 0.803. The van der Waals surface area contributed by atoms with Crippen molar-refractivity contribution in [2.24, 2.45) is 0 Å². The Morgan fingerprint density at radius 2 is 2.11 bits per heavy atom. The maximum absolute atomic E-state index is 12.7. The SMILES string of the molecule is CCOC(=O)Cc1cc(Cl)c(C(F)(F)F)c(C#N)c1. The summed E-state index contributed by atoms with van der Waals surface area (Å²) in [6, 6.07) is 3.44. The Kier molecular flexibility index (Phi) is 4.78. The van der Waals surface area contributed by atoms with Crippen LogP contribution in [0.1, 0.15) is 23.6 Å². The molecule has 1 aromatic rings. The minimum atomic E-state index is -4.72. The number of nitrogens with zero attached hydrogens (tertiary/aromatic N) is 1. The van der Waals surface area contributed by atoms with Crippen molar-refractivity contribution in [1.29, 1.82) is 5.26 Å². The van der Waals surface area contributed by atoms with Gasteiger partial charge in [0.25, 0.3) is 0 Å². The topological polar surface area (TPSA) is 50.1 Å². The zero-order valence-corrected chi connectivity index (χ0v) is 10.6. The van der Waals surface area contributed by atoms with Gasteiger partial charge in [0.1, 0.15) is 0 Å². The van der Waals surface area contributed by atoms with Crippen molar-refractivity contribution in [3.63, 3.8) is 0 Å². The summed E-state index contributed by atoms with van der Waals surface area (Å²) >= 11 is 5.54. The van der Waals surface area contributed by atoms with E-state index in [9.17, 15) is 18.0 Å². The first-order chi connectivity index (χ1) is 8.79. The third kappa shape index (κ3) is 3.86. The van der Waals surface area contributed by atoms with Crippen LogP contribution in [0.15, 0.2) is 12.1 Å². The molecule has 102 valence electrons. The molecule has 0 spiro atoms. The fourth-order valence-electron chi connectivity index (χ4n) is 1.52. The predicted molar refractivity (Wildman–Crippen MR) is 61.5 cm³/mol. The normalized spacial score (nSPS) is 10.9. The van der Waals surface area contributed by atoms with Crippen molar-refractivity contribution in [3.8, 4) is 6.07 Å². The summed E-state index contributed by atoms with van der Waals surface area (Å²) in [4.78, 5) is 11.2. The maximum atomic E-state index is 12.7. The Balaban J connectivity index is 3.18. The van der Waals surface area contributed by atoms with Crippen LogP contribution >= 0.6 is 11.6 Å². The van der Waals surface area contributed by atoms with Crippen LogP contribution in [-0.4, -0.2) is 12.6 Å². The number of ether oxygens (including phenoxy) is 1. The average Bonchev–Trinajstić information content (AvgIpc) is 2.26. The molecule has 0 saturated heterocycles. The van der Waals surface area contributed by atoms with Crippen LogP contribution in [0.3, 0.4) is 0 Å². The number of hydrogen-bond donors (Lipinski definition) is 0. The highest BCUT2D eigenvalue weighted by Gasteiger charge is 2.36. The molecule has 0 atom stereocenters. The molecule has 0 aromatic heterocycles. The summed E-state index contributed by atoms with van der Waals surface area (Å²) in [6.07, 6.45) is -4.95. The number of halogens is 4. The standard InChI is InChI=1S/C12H9ClF3NO2/c1-2-19-10(18)5-7-3-8(6-17)11(9(13)4-7)12(14,15)16/h3-4H,2,5H2,1H3. The first-order valence-electron chi connectivity index (χ1n) is 5.25. The minimum Gasteiger partial charge on any atom is -0.466 e. The predicted octanol–water partition coefficient (Wildman–Crippen LogP) is 3.34. The van der Waals surface area contributed by atoms with Crippen LogP contribution in [0, 0.1) is 11.3 Å². The molecule has 0 saturated carbocycles. The molecular formula is C12H9ClF3NO2. The fraction of sp³-hybridized carbons (Fsp3) is 0.333. The van der Waals surface area contributed by atoms with Crippen molar-refractivity contribution in [3.05, 3.63) is 33.8 Å². The van der Waals surface area contributed by atoms with E-state index in [1.165, 1.54) is 6.07 Å². The summed E-state index contributed by atoms with van der Waals surface area (Å²) in [6.45, 7) is 1.77. The van der Waals surface area contributed by atoms with E-state index < -0.39 is 28.3 Å². The number of alkyl halides is 3. The fourth-order valence-corrected chi connectivity index (χ4v) is 1.87. The molecule has 0 bridgehead atoms. The van der Waals surface area contributed by atoms with Crippen molar-refractivity contribution in [2.45, 2.75) is 19.5 Å². The van der Waals surface area contributed by atoms with Crippen molar-refractivity contribution in [2.75, 3.05) is 6.61 Å². The van der Waals surface area contributed by atoms with Crippen LogP contribution in [0.5, 0.6) is 0 Å². The van der Waals surface area contributed by atoms with Gasteiger partial charge in [0.2, 0.25) is 0 Å². The summed E-state index contributed by atoms with van der Waals surface area (Å²) in [7, 11) is 0. The summed E-state index contributed by atoms with van der Waals surface area (Å²) in [5.74, 6) is -0.595. The molecule has 1 rings (SSSR count). The lowest BCUT2D eigenvalue weighted by atomic mass is 10.0. The smallest absolute Gasteiger partial charge is 0.419 e. The van der Waals surface area contributed by atoms with Gasteiger partial charge in [-0.2, -0.15) is 18.4 Å². The monoisotopic (exact) mass is 291 g/mol. The number of esters is 1. The van der Waals surface area contributed by atoms with Crippen molar-refractivity contribution in [1.82, 2.24) is 0 Å². The van der Waals surface area contributed by atoms with Gasteiger partial charge in [-0.3, -0.25) is 4.79 Å². The third-order valence-electron chi connectivity index (χ3n) is 2.21. The van der Waals surface area contributed by atoms with Gasteiger partial charge in [0.05, 0.1) is 35.2 Å². The Morgan fingerprint density at radius 3 is 2.58 bits per heavy atom. The van der Waals surface area contributed by atoms with E-state index in [1.54, 1.807) is 6.92 Å². The third-order valence-corrected chi connectivity index (χ3v) is 2.51. The van der Waals surface area contributed by atoms with Gasteiger partial charge in [0, 0.05) is 0 Å². The van der Waals surface area contributed by atoms with E-state index >= 15 is 0 Å². The Morgan fingerprint density at radius 1 is 1.47 bits per heavy atom. The number of carbonyl (C=O) groups is 1. The van der Waals surface area contributed by atoms with Crippen LogP contribution in [-0.2, 0) is 22.1 Å². The van der Waals surface area contributed by atoms with E-state index in [2.05, 4.69) is 4.74 Å². The van der Waals surface area contributed by atoms with Crippen molar-refractivity contribution < 1.29 is 22.7 Å². The largest absolute Gasteiger partial charge is 0.466 e. The molecule has 0 N–H and O–H groups in total. The highest BCUT2D eigenvalue weighted by atomic mass is 35.5. The second kappa shape index (κ2) is 5.93. The van der Waals surface area contributed by atoms with Crippen LogP contribution in [0.4, 0.5) is 13.2 Å². The van der Waals surface area contributed by atoms with E-state index in [4.69, 9.17) is 16.9 Å². The lowest BCUT2D eigenvalue weighted by molar-refractivity contribution is -0.142. The molecule has 1 aromatic carbocycles. The molecule has 0 unspecified atom stereocenters. The average molecular weight is 292 g/mol. The molecule has 0 aliphatic heterocycles. The molecule has 0 amide bonds. The van der Waals surface area contributed by atoms with Gasteiger partial charge < -0.3 is 4.74 Å². The number of benzene rings is 1. The summed E-state index contributed by atoms with van der Waals surface area (Å²) < 4.78 is 42.7. The molecule has 3 nitrogen and oxygen atoms in total. The lowest BCUT2D eigenvalue weighted by Crippen LogP contribution is -2.12. The first kappa shape index (κ1) is 15.3. The summed E-state index contributed by atoms with van der Waals surface area (Å²) in [5.41, 5.74) is -1.60. The second-order valence-electron chi connectivity index (χ2n) is 3.59. The Hall–Kier alpha value is -1.74. The number of rotatable bonds is 3. The van der Waals surface area contributed by atoms with E-state index in [0.29, 0.717) is 0 Å². The molecular weight excluding hydrogens is 283 g/mol. The molecule has 0 radical (unpaired) electrons. The van der Waals surface area contributed by atoms with Gasteiger partial charge >= 0.3 is 12.1 Å². The number of nitriles is 1. The van der Waals surface area contributed by atoms with Crippen LogP contribution in [0.2, 0.25) is 5.02 Å². The molecule has 19 heavy (non-hydrogen) atoms. The Labute approximate surface area is 112 Å². The van der Waals surface area contributed by atoms with E-state index in [-0.39, 0.29) is 18.6 Å². The van der Waals surface area contributed by atoms with E-state index in [0.717, 1.165) is 12.1 Å². The zero-order valence-electron chi connectivity index (χ0n) is 9.84. The van der Waals surface area contributed by atoms with E-state index in [1.807, 2.05) is 0 Å². The first-order valence-corrected chi connectivity index (χ1v) is 5.62. The maximum Gasteiger partial charge on any atom is 0.419 e. The molecule has 0 aliphatic rings. The molecule has 0 aliphatic carbocycles. The highest BCUT2D eigenvalue weighted by molar-refractivity contribution is 6.31. The number of hydrogen-bond acceptors (Lipinski definition) is 3. The number of carbonyl (C=O) groups excluding carboxylic acids is 1. The molecule has 7 heteroatoms. The molecule has 0 heterocycles. The lowest BCUT2D eigenvalue weighted by Gasteiger charge is -2.12.